The molecule has 1 aromatic heterocycles. The number of carbonyl (C=O) groups is 1. The number of aromatic nitrogens is 1. The first kappa shape index (κ1) is 16.2. The Labute approximate surface area is 132 Å². The lowest BCUT2D eigenvalue weighted by Gasteiger charge is -2.09. The smallest absolute Gasteiger partial charge is 0.329 e. The van der Waals surface area contributed by atoms with Crippen molar-refractivity contribution in [3.8, 4) is 11.5 Å². The van der Waals surface area contributed by atoms with E-state index in [0.717, 1.165) is 12.6 Å². The van der Waals surface area contributed by atoms with Crippen molar-refractivity contribution >= 4 is 17.4 Å². The molecule has 0 aliphatic carbocycles. The third-order valence-corrected chi connectivity index (χ3v) is 2.81. The number of pyridine rings is 1. The highest BCUT2D eigenvalue weighted by Gasteiger charge is 2.15. The predicted molar refractivity (Wildman–Crippen MR) is 84.7 cm³/mol. The van der Waals surface area contributed by atoms with E-state index in [0.29, 0.717) is 18.0 Å². The van der Waals surface area contributed by atoms with Crippen molar-refractivity contribution in [1.82, 2.24) is 10.3 Å². The van der Waals surface area contributed by atoms with Gasteiger partial charge in [0.2, 0.25) is 5.75 Å². The van der Waals surface area contributed by atoms with Crippen LogP contribution in [-0.2, 0) is 0 Å². The fourth-order valence-corrected chi connectivity index (χ4v) is 1.77. The summed E-state index contributed by atoms with van der Waals surface area (Å²) in [6.45, 7) is 2.53. The molecule has 0 aliphatic heterocycles. The van der Waals surface area contributed by atoms with Gasteiger partial charge in [-0.05, 0) is 18.6 Å². The molecule has 1 aromatic carbocycles. The highest BCUT2D eigenvalue weighted by atomic mass is 16.6. The second kappa shape index (κ2) is 7.74. The van der Waals surface area contributed by atoms with Crippen LogP contribution in [0.4, 0.5) is 16.2 Å². The van der Waals surface area contributed by atoms with Gasteiger partial charge in [0, 0.05) is 30.6 Å². The maximum absolute atomic E-state index is 11.6. The van der Waals surface area contributed by atoms with Crippen molar-refractivity contribution in [2.24, 2.45) is 0 Å². The maximum Gasteiger partial charge on any atom is 0.329 e. The van der Waals surface area contributed by atoms with Crippen LogP contribution < -0.4 is 15.4 Å². The molecular formula is C15H16N4O4. The van der Waals surface area contributed by atoms with E-state index in [1.165, 1.54) is 12.3 Å². The molecule has 0 saturated carbocycles. The number of carbonyl (C=O) groups excluding carboxylic acids is 1. The number of hydrogen-bond acceptors (Lipinski definition) is 5. The summed E-state index contributed by atoms with van der Waals surface area (Å²) >= 11 is 0. The first-order chi connectivity index (χ1) is 11.1. The molecule has 0 radical (unpaired) electrons. The monoisotopic (exact) mass is 316 g/mol. The van der Waals surface area contributed by atoms with Crippen LogP contribution in [0.1, 0.15) is 13.3 Å². The Morgan fingerprint density at radius 2 is 2.22 bits per heavy atom. The third-order valence-electron chi connectivity index (χ3n) is 2.81. The summed E-state index contributed by atoms with van der Waals surface area (Å²) in [6.07, 6.45) is 3.36. The first-order valence-corrected chi connectivity index (χ1v) is 7.01. The number of anilines is 1. The van der Waals surface area contributed by atoms with E-state index in [1.807, 2.05) is 6.92 Å². The standard InChI is InChI=1S/C15H16N4O4/c1-2-7-17-15(20)18-11-4-3-5-12(9-11)23-14-6-8-16-10-13(14)19(21)22/h3-6,8-10H,2,7H2,1H3,(H2,17,18,20). The van der Waals surface area contributed by atoms with E-state index in [4.69, 9.17) is 4.74 Å². The van der Waals surface area contributed by atoms with Gasteiger partial charge in [-0.3, -0.25) is 15.1 Å². The van der Waals surface area contributed by atoms with Crippen molar-refractivity contribution in [1.29, 1.82) is 0 Å². The van der Waals surface area contributed by atoms with E-state index in [2.05, 4.69) is 15.6 Å². The van der Waals surface area contributed by atoms with Crippen molar-refractivity contribution in [3.63, 3.8) is 0 Å². The second-order valence-electron chi connectivity index (χ2n) is 4.61. The van der Waals surface area contributed by atoms with Crippen molar-refractivity contribution < 1.29 is 14.5 Å². The largest absolute Gasteiger partial charge is 0.450 e. The van der Waals surface area contributed by atoms with Crippen molar-refractivity contribution in [3.05, 3.63) is 52.8 Å². The fraction of sp³-hybridized carbons (Fsp3) is 0.200. The van der Waals surface area contributed by atoms with E-state index in [1.54, 1.807) is 24.3 Å². The third kappa shape index (κ3) is 4.67. The van der Waals surface area contributed by atoms with Crippen LogP contribution in [-0.4, -0.2) is 22.5 Å². The summed E-state index contributed by atoms with van der Waals surface area (Å²) in [5, 5.41) is 16.3. The topological polar surface area (TPSA) is 106 Å². The summed E-state index contributed by atoms with van der Waals surface area (Å²) in [6, 6.07) is 7.68. The van der Waals surface area contributed by atoms with Gasteiger partial charge in [0.25, 0.3) is 0 Å². The molecule has 0 unspecified atom stereocenters. The normalized spacial score (nSPS) is 9.96. The molecule has 0 aliphatic rings. The lowest BCUT2D eigenvalue weighted by molar-refractivity contribution is -0.386. The summed E-state index contributed by atoms with van der Waals surface area (Å²) in [7, 11) is 0. The van der Waals surface area contributed by atoms with Crippen LogP contribution in [0.5, 0.6) is 11.5 Å². The molecule has 2 N–H and O–H groups in total. The Morgan fingerprint density at radius 3 is 2.96 bits per heavy atom. The van der Waals surface area contributed by atoms with Gasteiger partial charge >= 0.3 is 11.7 Å². The van der Waals surface area contributed by atoms with Gasteiger partial charge in [0.1, 0.15) is 11.9 Å². The van der Waals surface area contributed by atoms with Crippen LogP contribution in [0.15, 0.2) is 42.7 Å². The van der Waals surface area contributed by atoms with E-state index < -0.39 is 4.92 Å². The predicted octanol–water partition coefficient (Wildman–Crippen LogP) is 3.31. The number of nitro groups is 1. The van der Waals surface area contributed by atoms with Gasteiger partial charge in [-0.25, -0.2) is 4.79 Å². The number of urea groups is 1. The maximum atomic E-state index is 11.6. The molecule has 2 rings (SSSR count). The summed E-state index contributed by atoms with van der Waals surface area (Å²) in [5.41, 5.74) is 0.291. The number of benzene rings is 1. The molecule has 8 nitrogen and oxygen atoms in total. The Morgan fingerprint density at radius 1 is 1.39 bits per heavy atom. The number of hydrogen-bond donors (Lipinski definition) is 2. The van der Waals surface area contributed by atoms with E-state index in [-0.39, 0.29) is 17.5 Å². The zero-order valence-electron chi connectivity index (χ0n) is 12.5. The lowest BCUT2D eigenvalue weighted by atomic mass is 10.3. The molecule has 0 spiro atoms. The number of rotatable bonds is 6. The van der Waals surface area contributed by atoms with Gasteiger partial charge in [-0.1, -0.05) is 13.0 Å². The lowest BCUT2D eigenvalue weighted by Crippen LogP contribution is -2.29. The molecule has 23 heavy (non-hydrogen) atoms. The summed E-state index contributed by atoms with van der Waals surface area (Å²) < 4.78 is 5.52. The van der Waals surface area contributed by atoms with Crippen molar-refractivity contribution in [2.45, 2.75) is 13.3 Å². The zero-order chi connectivity index (χ0) is 16.7. The molecule has 8 heteroatoms. The second-order valence-corrected chi connectivity index (χ2v) is 4.61. The Kier molecular flexibility index (Phi) is 5.45. The van der Waals surface area contributed by atoms with Crippen LogP contribution >= 0.6 is 0 Å². The molecule has 1 heterocycles. The highest BCUT2D eigenvalue weighted by Crippen LogP contribution is 2.30. The SMILES string of the molecule is CCCNC(=O)Nc1cccc(Oc2ccncc2[N+](=O)[O-])c1. The molecule has 0 saturated heterocycles. The van der Waals surface area contributed by atoms with E-state index >= 15 is 0 Å². The first-order valence-electron chi connectivity index (χ1n) is 7.01. The minimum Gasteiger partial charge on any atom is -0.450 e. The van der Waals surface area contributed by atoms with Crippen LogP contribution in [0, 0.1) is 10.1 Å². The molecule has 120 valence electrons. The number of nitrogens with zero attached hydrogens (tertiary/aromatic N) is 2. The zero-order valence-corrected chi connectivity index (χ0v) is 12.5. The molecule has 0 fully saturated rings. The van der Waals surface area contributed by atoms with Gasteiger partial charge in [0.05, 0.1) is 4.92 Å². The van der Waals surface area contributed by atoms with Crippen LogP contribution in [0.3, 0.4) is 0 Å². The molecule has 2 aromatic rings. The minimum absolute atomic E-state index is 0.0811. The molecular weight excluding hydrogens is 300 g/mol. The molecule has 0 atom stereocenters. The average molecular weight is 316 g/mol. The quantitative estimate of drug-likeness (QED) is 0.628. The van der Waals surface area contributed by atoms with E-state index in [9.17, 15) is 14.9 Å². The highest BCUT2D eigenvalue weighted by molar-refractivity contribution is 5.89. The van der Waals surface area contributed by atoms with Gasteiger partial charge in [-0.2, -0.15) is 0 Å². The molecule has 0 bridgehead atoms. The van der Waals surface area contributed by atoms with Gasteiger partial charge < -0.3 is 15.4 Å². The molecule has 2 amide bonds. The minimum atomic E-state index is -0.567. The number of ether oxygens (including phenoxy) is 1. The fourth-order valence-electron chi connectivity index (χ4n) is 1.77. The average Bonchev–Trinajstić information content (AvgIpc) is 2.53. The van der Waals surface area contributed by atoms with Crippen molar-refractivity contribution in [2.75, 3.05) is 11.9 Å². The van der Waals surface area contributed by atoms with Gasteiger partial charge in [0.15, 0.2) is 0 Å². The Balaban J connectivity index is 2.11. The van der Waals surface area contributed by atoms with Crippen LogP contribution in [0.25, 0.3) is 0 Å². The number of nitrogens with one attached hydrogen (secondary N) is 2. The number of amides is 2. The van der Waals surface area contributed by atoms with Gasteiger partial charge in [-0.15, -0.1) is 0 Å². The summed E-state index contributed by atoms with van der Waals surface area (Å²) in [4.78, 5) is 25.7. The summed E-state index contributed by atoms with van der Waals surface area (Å²) in [5.74, 6) is 0.449. The Bertz CT molecular complexity index is 705. The van der Waals surface area contributed by atoms with Crippen LogP contribution in [0.2, 0.25) is 0 Å². The Hall–Kier alpha value is -3.16.